The molecule has 1 aromatic carbocycles. The number of amidine groups is 1. The van der Waals surface area contributed by atoms with E-state index in [4.69, 9.17) is 0 Å². The molecule has 1 aromatic heterocycles. The predicted octanol–water partition coefficient (Wildman–Crippen LogP) is 3.99. The van der Waals surface area contributed by atoms with Crippen LogP contribution >= 0.6 is 11.8 Å². The lowest BCUT2D eigenvalue weighted by atomic mass is 10.2. The minimum absolute atomic E-state index is 0.121. The topological polar surface area (TPSA) is 54.4 Å². The summed E-state index contributed by atoms with van der Waals surface area (Å²) in [5.74, 6) is -0.352. The highest BCUT2D eigenvalue weighted by molar-refractivity contribution is 8.18. The van der Waals surface area contributed by atoms with Gasteiger partial charge in [-0.3, -0.25) is 9.78 Å². The third kappa shape index (κ3) is 3.83. The molecule has 1 fully saturated rings. The quantitative estimate of drug-likeness (QED) is 0.834. The lowest BCUT2D eigenvalue weighted by Gasteiger charge is -2.06. The van der Waals surface area contributed by atoms with Gasteiger partial charge < -0.3 is 5.32 Å². The molecule has 1 saturated heterocycles. The number of nitrogens with zero attached hydrogens (tertiary/aromatic N) is 2. The molecule has 3 rings (SSSR count). The Hall–Kier alpha value is -2.61. The highest BCUT2D eigenvalue weighted by Crippen LogP contribution is 2.33. The van der Waals surface area contributed by atoms with Crippen LogP contribution < -0.4 is 5.32 Å². The van der Waals surface area contributed by atoms with Gasteiger partial charge in [-0.05, 0) is 47.7 Å². The molecule has 0 atom stereocenters. The Bertz CT molecular complexity index is 832. The maximum absolute atomic E-state index is 12.7. The highest BCUT2D eigenvalue weighted by atomic mass is 32.2. The van der Waals surface area contributed by atoms with Crippen molar-refractivity contribution < 1.29 is 18.0 Å². The second-order valence-corrected chi connectivity index (χ2v) is 5.85. The fraction of sp³-hybridized carbons (Fsp3) is 0.0625. The largest absolute Gasteiger partial charge is 0.416 e. The van der Waals surface area contributed by atoms with E-state index in [-0.39, 0.29) is 16.8 Å². The number of alkyl halides is 3. The number of aromatic nitrogens is 1. The summed E-state index contributed by atoms with van der Waals surface area (Å²) in [6.45, 7) is 0. The van der Waals surface area contributed by atoms with Crippen molar-refractivity contribution in [2.24, 2.45) is 4.99 Å². The summed E-state index contributed by atoms with van der Waals surface area (Å²) in [5, 5.41) is 2.77. The summed E-state index contributed by atoms with van der Waals surface area (Å²) >= 11 is 1.06. The van der Waals surface area contributed by atoms with Crippen molar-refractivity contribution in [3.05, 3.63) is 64.8 Å². The van der Waals surface area contributed by atoms with Crippen molar-refractivity contribution in [2.75, 3.05) is 0 Å². The van der Waals surface area contributed by atoms with Crippen molar-refractivity contribution in [3.8, 4) is 0 Å². The van der Waals surface area contributed by atoms with Crippen molar-refractivity contribution >= 4 is 34.6 Å². The van der Waals surface area contributed by atoms with Crippen LogP contribution in [0.15, 0.2) is 58.7 Å². The zero-order chi connectivity index (χ0) is 17.2. The average molecular weight is 349 g/mol. The monoisotopic (exact) mass is 349 g/mol. The van der Waals surface area contributed by atoms with E-state index in [1.165, 1.54) is 12.1 Å². The van der Waals surface area contributed by atoms with Gasteiger partial charge in [-0.2, -0.15) is 13.2 Å². The molecule has 0 radical (unpaired) electrons. The minimum atomic E-state index is -4.44. The number of pyridine rings is 1. The molecule has 2 aromatic rings. The van der Waals surface area contributed by atoms with Gasteiger partial charge in [0.05, 0.1) is 16.2 Å². The van der Waals surface area contributed by atoms with E-state index in [9.17, 15) is 18.0 Å². The van der Waals surface area contributed by atoms with Crippen LogP contribution in [-0.4, -0.2) is 16.1 Å². The minimum Gasteiger partial charge on any atom is -0.300 e. The molecule has 0 unspecified atom stereocenters. The second kappa shape index (κ2) is 6.48. The number of hydrogen-bond donors (Lipinski definition) is 1. The third-order valence-corrected chi connectivity index (χ3v) is 3.95. The Balaban J connectivity index is 1.83. The molecule has 4 nitrogen and oxygen atoms in total. The lowest BCUT2D eigenvalue weighted by Crippen LogP contribution is -2.19. The van der Waals surface area contributed by atoms with E-state index in [1.54, 1.807) is 30.6 Å². The summed E-state index contributed by atoms with van der Waals surface area (Å²) in [7, 11) is 0. The van der Waals surface area contributed by atoms with Gasteiger partial charge in [0.25, 0.3) is 5.91 Å². The number of halogens is 3. The van der Waals surface area contributed by atoms with Crippen LogP contribution in [-0.2, 0) is 11.0 Å². The first kappa shape index (κ1) is 16.3. The molecule has 0 bridgehead atoms. The molecule has 1 aliphatic rings. The van der Waals surface area contributed by atoms with Gasteiger partial charge in [0.2, 0.25) is 0 Å². The van der Waals surface area contributed by atoms with Gasteiger partial charge in [0.15, 0.2) is 5.17 Å². The first-order valence-corrected chi connectivity index (χ1v) is 7.60. The Morgan fingerprint density at radius 3 is 2.75 bits per heavy atom. The lowest BCUT2D eigenvalue weighted by molar-refractivity contribution is -0.137. The number of amides is 1. The number of thioether (sulfide) groups is 1. The van der Waals surface area contributed by atoms with Crippen LogP contribution in [0.25, 0.3) is 6.08 Å². The third-order valence-electron chi connectivity index (χ3n) is 3.04. The van der Waals surface area contributed by atoms with Crippen LogP contribution in [0.3, 0.4) is 0 Å². The zero-order valence-corrected chi connectivity index (χ0v) is 12.9. The van der Waals surface area contributed by atoms with Crippen LogP contribution in [0.5, 0.6) is 0 Å². The summed E-state index contributed by atoms with van der Waals surface area (Å²) in [6, 6.07) is 8.14. The number of carbonyl (C=O) groups is 1. The average Bonchev–Trinajstić information content (AvgIpc) is 2.87. The fourth-order valence-electron chi connectivity index (χ4n) is 1.96. The molecule has 2 heterocycles. The number of aliphatic imine (C=N–C) groups is 1. The van der Waals surface area contributed by atoms with Crippen molar-refractivity contribution in [3.63, 3.8) is 0 Å². The van der Waals surface area contributed by atoms with Gasteiger partial charge in [-0.25, -0.2) is 4.99 Å². The summed E-state index contributed by atoms with van der Waals surface area (Å²) < 4.78 is 38.1. The molecule has 0 spiro atoms. The molecule has 0 saturated carbocycles. The van der Waals surface area contributed by atoms with Gasteiger partial charge >= 0.3 is 6.18 Å². The Morgan fingerprint density at radius 1 is 1.21 bits per heavy atom. The maximum Gasteiger partial charge on any atom is 0.416 e. The Kier molecular flexibility index (Phi) is 4.39. The standard InChI is InChI=1S/C16H10F3N3OS/c17-16(18,19)11-4-1-5-12(8-11)21-15-22-14(23)13(24-15)7-10-3-2-6-20-9-10/h1-9H,(H,21,22,23)/b13-7-. The Morgan fingerprint density at radius 2 is 2.04 bits per heavy atom. The van der Waals surface area contributed by atoms with E-state index in [0.29, 0.717) is 4.91 Å². The molecule has 0 aliphatic carbocycles. The van der Waals surface area contributed by atoms with Crippen LogP contribution in [0.1, 0.15) is 11.1 Å². The zero-order valence-electron chi connectivity index (χ0n) is 12.0. The second-order valence-electron chi connectivity index (χ2n) is 4.82. The van der Waals surface area contributed by atoms with Gasteiger partial charge in [-0.1, -0.05) is 12.1 Å². The molecule has 8 heteroatoms. The molecular formula is C16H10F3N3OS. The van der Waals surface area contributed by atoms with Crippen molar-refractivity contribution in [1.29, 1.82) is 0 Å². The van der Waals surface area contributed by atoms with Gasteiger partial charge in [0.1, 0.15) is 0 Å². The van der Waals surface area contributed by atoms with Crippen molar-refractivity contribution in [2.45, 2.75) is 6.18 Å². The van der Waals surface area contributed by atoms with Crippen LogP contribution in [0, 0.1) is 0 Å². The normalized spacial score (nSPS) is 18.2. The maximum atomic E-state index is 12.7. The predicted molar refractivity (Wildman–Crippen MR) is 86.5 cm³/mol. The number of carbonyl (C=O) groups excluding carboxylic acids is 1. The molecular weight excluding hydrogens is 339 g/mol. The van der Waals surface area contributed by atoms with E-state index >= 15 is 0 Å². The summed E-state index contributed by atoms with van der Waals surface area (Å²) in [6.07, 6.45) is 0.419. The number of hydrogen-bond acceptors (Lipinski definition) is 4. The van der Waals surface area contributed by atoms with E-state index in [2.05, 4.69) is 15.3 Å². The van der Waals surface area contributed by atoms with E-state index in [1.807, 2.05) is 0 Å². The first-order valence-electron chi connectivity index (χ1n) is 6.79. The van der Waals surface area contributed by atoms with Gasteiger partial charge in [0, 0.05) is 12.4 Å². The molecule has 1 N–H and O–H groups in total. The Labute approximate surface area is 139 Å². The first-order chi connectivity index (χ1) is 11.4. The smallest absolute Gasteiger partial charge is 0.300 e. The fourth-order valence-corrected chi connectivity index (χ4v) is 2.80. The molecule has 122 valence electrons. The highest BCUT2D eigenvalue weighted by Gasteiger charge is 2.30. The number of rotatable bonds is 2. The van der Waals surface area contributed by atoms with Crippen LogP contribution in [0.4, 0.5) is 18.9 Å². The van der Waals surface area contributed by atoms with E-state index in [0.717, 1.165) is 29.5 Å². The molecule has 24 heavy (non-hydrogen) atoms. The molecule has 1 amide bonds. The van der Waals surface area contributed by atoms with E-state index < -0.39 is 11.7 Å². The summed E-state index contributed by atoms with van der Waals surface area (Å²) in [4.78, 5) is 20.3. The SMILES string of the molecule is O=C1NC(=Nc2cccc(C(F)(F)F)c2)S/C1=C\c1cccnc1. The number of nitrogens with one attached hydrogen (secondary N) is 1. The molecule has 1 aliphatic heterocycles. The number of benzene rings is 1. The summed E-state index contributed by atoms with van der Waals surface area (Å²) in [5.41, 5.74) is 0.0792. The van der Waals surface area contributed by atoms with Crippen molar-refractivity contribution in [1.82, 2.24) is 10.3 Å². The van der Waals surface area contributed by atoms with Gasteiger partial charge in [-0.15, -0.1) is 0 Å². The van der Waals surface area contributed by atoms with Crippen LogP contribution in [0.2, 0.25) is 0 Å².